The van der Waals surface area contributed by atoms with Crippen molar-refractivity contribution in [1.82, 2.24) is 20.2 Å². The summed E-state index contributed by atoms with van der Waals surface area (Å²) in [4.78, 5) is 4.20. The minimum absolute atomic E-state index is 0.553. The number of hydrazone groups is 1. The third kappa shape index (κ3) is 2.57. The van der Waals surface area contributed by atoms with Crippen LogP contribution in [0, 0.1) is 13.8 Å². The minimum atomic E-state index is -1.16. The van der Waals surface area contributed by atoms with Crippen LogP contribution in [0.25, 0.3) is 0 Å². The van der Waals surface area contributed by atoms with Gasteiger partial charge in [-0.2, -0.15) is 10.2 Å². The molecule has 0 saturated carbocycles. The van der Waals surface area contributed by atoms with Gasteiger partial charge in [0.2, 0.25) is 0 Å². The molecule has 2 aromatic heterocycles. The van der Waals surface area contributed by atoms with Gasteiger partial charge in [0, 0.05) is 11.9 Å². The standard InChI is InChI=1S/C12H13ClN8/c1-8-5-9(2)21(18-8)12(19-15-7-16-20-12)17-11-4-3-10(13)6-14-11/h3-7,19H,1-2H3,(H,14,17). The molecule has 0 saturated heterocycles. The van der Waals surface area contributed by atoms with E-state index in [0.29, 0.717) is 10.8 Å². The number of halogens is 1. The second-order valence-electron chi connectivity index (χ2n) is 4.57. The maximum atomic E-state index is 5.85. The highest BCUT2D eigenvalue weighted by Crippen LogP contribution is 2.23. The quantitative estimate of drug-likeness (QED) is 0.909. The highest BCUT2D eigenvalue weighted by molar-refractivity contribution is 6.30. The fourth-order valence-corrected chi connectivity index (χ4v) is 2.17. The molecule has 2 aromatic rings. The molecule has 1 atom stereocenters. The van der Waals surface area contributed by atoms with Gasteiger partial charge in [-0.05, 0) is 32.0 Å². The van der Waals surface area contributed by atoms with E-state index in [1.165, 1.54) is 6.34 Å². The minimum Gasteiger partial charge on any atom is -0.307 e. The van der Waals surface area contributed by atoms with Crippen molar-refractivity contribution in [2.45, 2.75) is 19.8 Å². The summed E-state index contributed by atoms with van der Waals surface area (Å²) in [7, 11) is 0. The highest BCUT2D eigenvalue weighted by atomic mass is 35.5. The Morgan fingerprint density at radius 3 is 2.76 bits per heavy atom. The maximum absolute atomic E-state index is 5.85. The second kappa shape index (κ2) is 5.13. The van der Waals surface area contributed by atoms with Crippen LogP contribution >= 0.6 is 11.6 Å². The third-order valence-electron chi connectivity index (χ3n) is 2.88. The molecule has 1 aliphatic rings. The molecule has 9 heteroatoms. The van der Waals surface area contributed by atoms with E-state index in [4.69, 9.17) is 11.6 Å². The number of aromatic nitrogens is 3. The molecule has 0 radical (unpaired) electrons. The van der Waals surface area contributed by atoms with Gasteiger partial charge < -0.3 is 5.32 Å². The number of nitrogens with one attached hydrogen (secondary N) is 2. The van der Waals surface area contributed by atoms with Gasteiger partial charge in [0.15, 0.2) is 6.34 Å². The van der Waals surface area contributed by atoms with E-state index < -0.39 is 5.91 Å². The number of hydrogen-bond donors (Lipinski definition) is 2. The summed E-state index contributed by atoms with van der Waals surface area (Å²) in [5.41, 5.74) is 4.66. The lowest BCUT2D eigenvalue weighted by atomic mass is 10.4. The van der Waals surface area contributed by atoms with Gasteiger partial charge in [0.05, 0.1) is 10.7 Å². The topological polar surface area (TPSA) is 91.9 Å². The summed E-state index contributed by atoms with van der Waals surface area (Å²) in [6.07, 6.45) is 2.86. The monoisotopic (exact) mass is 304 g/mol. The Morgan fingerprint density at radius 1 is 1.33 bits per heavy atom. The zero-order chi connectivity index (χ0) is 14.9. The SMILES string of the molecule is Cc1cc(C)n(C2(Nc3ccc(Cl)cn3)N=NC=NN2)n1. The zero-order valence-corrected chi connectivity index (χ0v) is 12.2. The zero-order valence-electron chi connectivity index (χ0n) is 11.4. The molecular weight excluding hydrogens is 292 g/mol. The molecule has 3 rings (SSSR count). The Hall–Kier alpha value is -2.48. The largest absolute Gasteiger partial charge is 0.344 e. The number of aryl methyl sites for hydroxylation is 2. The van der Waals surface area contributed by atoms with Crippen molar-refractivity contribution in [1.29, 1.82) is 0 Å². The molecular formula is C12H13ClN8. The summed E-state index contributed by atoms with van der Waals surface area (Å²) in [5, 5.41) is 20.1. The van der Waals surface area contributed by atoms with Crippen molar-refractivity contribution in [3.8, 4) is 0 Å². The Morgan fingerprint density at radius 2 is 2.19 bits per heavy atom. The molecule has 0 spiro atoms. The first kappa shape index (κ1) is 13.5. The van der Waals surface area contributed by atoms with E-state index in [1.807, 2.05) is 19.9 Å². The smallest absolute Gasteiger partial charge is 0.307 e. The molecule has 1 unspecified atom stereocenters. The van der Waals surface area contributed by atoms with Crippen molar-refractivity contribution in [3.05, 3.63) is 40.8 Å². The van der Waals surface area contributed by atoms with Crippen LogP contribution in [-0.4, -0.2) is 21.1 Å². The van der Waals surface area contributed by atoms with Crippen molar-refractivity contribution in [2.24, 2.45) is 15.3 Å². The van der Waals surface area contributed by atoms with Crippen LogP contribution in [0.2, 0.25) is 5.02 Å². The van der Waals surface area contributed by atoms with E-state index in [9.17, 15) is 0 Å². The Kier molecular flexibility index (Phi) is 3.30. The van der Waals surface area contributed by atoms with Crippen LogP contribution in [0.5, 0.6) is 0 Å². The van der Waals surface area contributed by atoms with Crippen LogP contribution < -0.4 is 10.7 Å². The van der Waals surface area contributed by atoms with Crippen molar-refractivity contribution in [2.75, 3.05) is 5.32 Å². The first-order valence-electron chi connectivity index (χ1n) is 6.23. The van der Waals surface area contributed by atoms with Crippen LogP contribution in [-0.2, 0) is 5.91 Å². The molecule has 108 valence electrons. The fourth-order valence-electron chi connectivity index (χ4n) is 2.06. The van der Waals surface area contributed by atoms with E-state index in [1.54, 1.807) is 23.0 Å². The summed E-state index contributed by atoms with van der Waals surface area (Å²) in [6.45, 7) is 3.83. The Labute approximate surface area is 125 Å². The lowest BCUT2D eigenvalue weighted by Crippen LogP contribution is -2.52. The lowest BCUT2D eigenvalue weighted by Gasteiger charge is -2.31. The van der Waals surface area contributed by atoms with Gasteiger partial charge in [-0.25, -0.2) is 15.1 Å². The average Bonchev–Trinajstić information content (AvgIpc) is 2.82. The fraction of sp³-hybridized carbons (Fsp3) is 0.250. The highest BCUT2D eigenvalue weighted by Gasteiger charge is 2.36. The molecule has 2 N–H and O–H groups in total. The molecule has 0 amide bonds. The normalized spacial score (nSPS) is 20.3. The van der Waals surface area contributed by atoms with Gasteiger partial charge in [0.1, 0.15) is 5.82 Å². The summed E-state index contributed by atoms with van der Waals surface area (Å²) < 4.78 is 1.67. The molecule has 0 fully saturated rings. The maximum Gasteiger partial charge on any atom is 0.344 e. The first-order chi connectivity index (χ1) is 10.1. The molecule has 3 heterocycles. The molecule has 0 aromatic carbocycles. The third-order valence-corrected chi connectivity index (χ3v) is 3.10. The lowest BCUT2D eigenvalue weighted by molar-refractivity contribution is 0.225. The summed E-state index contributed by atoms with van der Waals surface area (Å²) >= 11 is 5.85. The van der Waals surface area contributed by atoms with Gasteiger partial charge in [-0.3, -0.25) is 0 Å². The van der Waals surface area contributed by atoms with Crippen LogP contribution in [0.3, 0.4) is 0 Å². The predicted octanol–water partition coefficient (Wildman–Crippen LogP) is 2.23. The van der Waals surface area contributed by atoms with Gasteiger partial charge >= 0.3 is 5.91 Å². The van der Waals surface area contributed by atoms with E-state index in [0.717, 1.165) is 11.4 Å². The number of azo groups is 1. The number of hydrogen-bond acceptors (Lipinski definition) is 7. The van der Waals surface area contributed by atoms with E-state index >= 15 is 0 Å². The first-order valence-corrected chi connectivity index (χ1v) is 6.61. The molecule has 0 bridgehead atoms. The van der Waals surface area contributed by atoms with Gasteiger partial charge in [-0.1, -0.05) is 11.6 Å². The van der Waals surface area contributed by atoms with Gasteiger partial charge in [0.25, 0.3) is 0 Å². The number of anilines is 1. The summed E-state index contributed by atoms with van der Waals surface area (Å²) in [6, 6.07) is 5.41. The van der Waals surface area contributed by atoms with Crippen molar-refractivity contribution >= 4 is 23.8 Å². The van der Waals surface area contributed by atoms with Crippen molar-refractivity contribution in [3.63, 3.8) is 0 Å². The van der Waals surface area contributed by atoms with Crippen LogP contribution in [0.15, 0.2) is 39.7 Å². The molecule has 21 heavy (non-hydrogen) atoms. The Balaban J connectivity index is 2.01. The molecule has 0 aliphatic carbocycles. The van der Waals surface area contributed by atoms with E-state index in [-0.39, 0.29) is 0 Å². The number of nitrogens with zero attached hydrogens (tertiary/aromatic N) is 6. The molecule has 8 nitrogen and oxygen atoms in total. The van der Waals surface area contributed by atoms with Gasteiger partial charge in [-0.15, -0.1) is 10.2 Å². The average molecular weight is 305 g/mol. The number of rotatable bonds is 3. The summed E-state index contributed by atoms with van der Waals surface area (Å²) in [5.74, 6) is -0.594. The van der Waals surface area contributed by atoms with Crippen LogP contribution in [0.1, 0.15) is 11.4 Å². The Bertz CT molecular complexity index is 705. The van der Waals surface area contributed by atoms with Crippen molar-refractivity contribution < 1.29 is 0 Å². The second-order valence-corrected chi connectivity index (χ2v) is 5.01. The molecule has 1 aliphatic heterocycles. The van der Waals surface area contributed by atoms with E-state index in [2.05, 4.69) is 36.2 Å². The van der Waals surface area contributed by atoms with Crippen LogP contribution in [0.4, 0.5) is 5.82 Å². The number of pyridine rings is 1. The predicted molar refractivity (Wildman–Crippen MR) is 79.0 cm³/mol.